The molecule has 76 valence electrons. The predicted molar refractivity (Wildman–Crippen MR) is 51.7 cm³/mol. The average molecular weight is 237 g/mol. The van der Waals surface area contributed by atoms with E-state index >= 15 is 0 Å². The predicted octanol–water partition coefficient (Wildman–Crippen LogP) is 1.33. The van der Waals surface area contributed by atoms with E-state index in [0.717, 1.165) is 18.3 Å². The van der Waals surface area contributed by atoms with Crippen LogP contribution in [0.25, 0.3) is 0 Å². The Bertz CT molecular complexity index is 487. The van der Waals surface area contributed by atoms with Crippen molar-refractivity contribution in [1.29, 1.82) is 5.41 Å². The number of nitrogens with one attached hydrogen (secondary N) is 1. The van der Waals surface area contributed by atoms with E-state index in [1.54, 1.807) is 0 Å². The molecule has 0 saturated carbocycles. The summed E-state index contributed by atoms with van der Waals surface area (Å²) < 4.78 is 34.7. The number of benzene rings is 1. The maximum absolute atomic E-state index is 13.0. The summed E-state index contributed by atoms with van der Waals surface area (Å²) in [5, 5.41) is 6.89. The highest BCUT2D eigenvalue weighted by Gasteiger charge is 2.17. The van der Waals surface area contributed by atoms with Crippen LogP contribution in [-0.4, -0.2) is 14.6 Å². The van der Waals surface area contributed by atoms with Crippen LogP contribution in [0.3, 0.4) is 0 Å². The fraction of sp³-hybridized carbons (Fsp3) is 0. The Morgan fingerprint density at radius 3 is 2.50 bits per heavy atom. The largest absolute Gasteiger partial charge is 0.398 e. The van der Waals surface area contributed by atoms with Gasteiger partial charge in [0.2, 0.25) is 0 Å². The number of hydrogen-bond acceptors (Lipinski definition) is 4. The molecule has 1 aromatic carbocycles. The third-order valence-electron chi connectivity index (χ3n) is 1.56. The minimum absolute atomic E-state index is 0.0124. The average Bonchev–Trinajstić information content (AvgIpc) is 2.02. The van der Waals surface area contributed by atoms with Gasteiger partial charge in [-0.15, -0.1) is 0 Å². The Labute approximate surface area is 84.4 Å². The number of halogens is 2. The zero-order valence-corrected chi connectivity index (χ0v) is 8.36. The second-order valence-corrected chi connectivity index (χ2v) is 5.03. The van der Waals surface area contributed by atoms with Crippen molar-refractivity contribution in [2.24, 2.45) is 0 Å². The quantitative estimate of drug-likeness (QED) is 0.462. The fourth-order valence-corrected chi connectivity index (χ4v) is 1.81. The summed E-state index contributed by atoms with van der Waals surface area (Å²) in [5.41, 5.74) is 5.40. The normalized spacial score (nSPS) is 11.3. The first-order chi connectivity index (χ1) is 6.36. The Morgan fingerprint density at radius 2 is 2.07 bits per heavy atom. The minimum Gasteiger partial charge on any atom is -0.398 e. The van der Waals surface area contributed by atoms with Gasteiger partial charge in [0.05, 0.1) is 0 Å². The zero-order chi connectivity index (χ0) is 10.9. The van der Waals surface area contributed by atoms with E-state index in [0.29, 0.717) is 0 Å². The first-order valence-corrected chi connectivity index (χ1v) is 5.71. The first-order valence-electron chi connectivity index (χ1n) is 3.40. The monoisotopic (exact) mass is 236 g/mol. The Morgan fingerprint density at radius 1 is 1.50 bits per heavy atom. The molecule has 0 amide bonds. The second-order valence-electron chi connectivity index (χ2n) is 2.49. The molecule has 3 N–H and O–H groups in total. The number of hydrogen-bond donors (Lipinski definition) is 2. The third kappa shape index (κ3) is 2.02. The lowest BCUT2D eigenvalue weighted by Gasteiger charge is -2.03. The summed E-state index contributed by atoms with van der Waals surface area (Å²) in [6, 6.07) is 1.73. The van der Waals surface area contributed by atoms with Crippen molar-refractivity contribution in [3.63, 3.8) is 0 Å². The summed E-state index contributed by atoms with van der Waals surface area (Å²) in [4.78, 5) is -0.674. The molecule has 4 nitrogen and oxygen atoms in total. The van der Waals surface area contributed by atoms with Gasteiger partial charge in [0.1, 0.15) is 10.7 Å². The van der Waals surface area contributed by atoms with Gasteiger partial charge in [0.25, 0.3) is 9.05 Å². The molecular formula is C7H6ClFN2O2S. The highest BCUT2D eigenvalue weighted by molar-refractivity contribution is 8.13. The molecule has 0 unspecified atom stereocenters. The maximum Gasteiger partial charge on any atom is 0.264 e. The van der Waals surface area contributed by atoms with E-state index < -0.39 is 19.8 Å². The van der Waals surface area contributed by atoms with Gasteiger partial charge in [0, 0.05) is 28.1 Å². The van der Waals surface area contributed by atoms with Crippen molar-refractivity contribution in [3.8, 4) is 0 Å². The highest BCUT2D eigenvalue weighted by atomic mass is 35.7. The van der Waals surface area contributed by atoms with Crippen molar-refractivity contribution in [3.05, 3.63) is 23.5 Å². The van der Waals surface area contributed by atoms with Gasteiger partial charge in [-0.2, -0.15) is 0 Å². The molecule has 0 aliphatic carbocycles. The molecule has 0 bridgehead atoms. The summed E-state index contributed by atoms with van der Waals surface area (Å²) in [5.74, 6) is -1.02. The number of nitrogen functional groups attached to an aromatic ring is 1. The smallest absolute Gasteiger partial charge is 0.264 e. The van der Waals surface area contributed by atoms with Gasteiger partial charge in [-0.3, -0.25) is 0 Å². The first kappa shape index (κ1) is 10.9. The van der Waals surface area contributed by atoms with Gasteiger partial charge in [-0.1, -0.05) is 0 Å². The third-order valence-corrected chi connectivity index (χ3v) is 2.89. The van der Waals surface area contributed by atoms with Crippen LogP contribution in [0, 0.1) is 11.2 Å². The summed E-state index contributed by atoms with van der Waals surface area (Å²) >= 11 is 0. The van der Waals surface area contributed by atoms with Crippen molar-refractivity contribution in [1.82, 2.24) is 0 Å². The molecule has 0 saturated heterocycles. The lowest BCUT2D eigenvalue weighted by Crippen LogP contribution is -2.01. The maximum atomic E-state index is 13.0. The van der Waals surface area contributed by atoms with Crippen molar-refractivity contribution in [2.75, 3.05) is 5.73 Å². The van der Waals surface area contributed by atoms with Crippen LogP contribution in [0.2, 0.25) is 0 Å². The Kier molecular flexibility index (Phi) is 2.77. The standard InChI is InChI=1S/C7H6ClFN2O2S/c8-14(12,13)7-1-4(3-10)6(11)2-5(7)9/h1-3,10H,11H2. The van der Waals surface area contributed by atoms with Crippen LogP contribution in [0.1, 0.15) is 5.56 Å². The molecule has 1 rings (SSSR count). The van der Waals surface area contributed by atoms with E-state index in [9.17, 15) is 12.8 Å². The molecule has 0 aromatic heterocycles. The van der Waals surface area contributed by atoms with Crippen LogP contribution in [0.15, 0.2) is 17.0 Å². The van der Waals surface area contributed by atoms with Gasteiger partial charge in [-0.25, -0.2) is 12.8 Å². The van der Waals surface area contributed by atoms with Crippen LogP contribution < -0.4 is 5.73 Å². The van der Waals surface area contributed by atoms with E-state index in [1.807, 2.05) is 0 Å². The van der Waals surface area contributed by atoms with Gasteiger partial charge < -0.3 is 11.1 Å². The van der Waals surface area contributed by atoms with Crippen LogP contribution in [-0.2, 0) is 9.05 Å². The Balaban J connectivity index is 3.55. The molecular weight excluding hydrogens is 231 g/mol. The molecule has 0 spiro atoms. The number of rotatable bonds is 2. The SMILES string of the molecule is N=Cc1cc(S(=O)(=O)Cl)c(F)cc1N. The molecule has 0 atom stereocenters. The Hall–Kier alpha value is -1.14. The molecule has 0 fully saturated rings. The summed E-state index contributed by atoms with van der Waals surface area (Å²) in [6.07, 6.45) is 0.820. The number of nitrogens with two attached hydrogens (primary N) is 1. The molecule has 0 aliphatic rings. The molecule has 0 heterocycles. The summed E-state index contributed by atoms with van der Waals surface area (Å²) in [6.45, 7) is 0. The van der Waals surface area contributed by atoms with Crippen molar-refractivity contribution < 1.29 is 12.8 Å². The molecule has 0 aliphatic heterocycles. The van der Waals surface area contributed by atoms with E-state index in [-0.39, 0.29) is 11.3 Å². The van der Waals surface area contributed by atoms with Crippen LogP contribution in [0.5, 0.6) is 0 Å². The molecule has 7 heteroatoms. The van der Waals surface area contributed by atoms with Crippen LogP contribution in [0.4, 0.5) is 10.1 Å². The zero-order valence-electron chi connectivity index (χ0n) is 6.79. The summed E-state index contributed by atoms with van der Waals surface area (Å²) in [7, 11) is 0.817. The number of anilines is 1. The second kappa shape index (κ2) is 3.55. The van der Waals surface area contributed by atoms with Gasteiger partial charge in [-0.05, 0) is 12.1 Å². The minimum atomic E-state index is -4.14. The van der Waals surface area contributed by atoms with E-state index in [1.165, 1.54) is 0 Å². The lowest BCUT2D eigenvalue weighted by molar-refractivity contribution is 0.576. The lowest BCUT2D eigenvalue weighted by atomic mass is 10.2. The highest BCUT2D eigenvalue weighted by Crippen LogP contribution is 2.23. The molecule has 14 heavy (non-hydrogen) atoms. The topological polar surface area (TPSA) is 84.0 Å². The van der Waals surface area contributed by atoms with Gasteiger partial charge in [0.15, 0.2) is 0 Å². The molecule has 1 aromatic rings. The van der Waals surface area contributed by atoms with E-state index in [4.69, 9.17) is 21.8 Å². The van der Waals surface area contributed by atoms with Crippen molar-refractivity contribution >= 4 is 31.6 Å². The van der Waals surface area contributed by atoms with E-state index in [2.05, 4.69) is 0 Å². The van der Waals surface area contributed by atoms with Crippen LogP contribution >= 0.6 is 10.7 Å². The fourth-order valence-electron chi connectivity index (χ4n) is 0.896. The van der Waals surface area contributed by atoms with Crippen molar-refractivity contribution in [2.45, 2.75) is 4.90 Å². The molecule has 0 radical (unpaired) electrons. The van der Waals surface area contributed by atoms with Gasteiger partial charge >= 0.3 is 0 Å².